The number of aliphatic hydroxyl groups excluding tert-OH is 2. The van der Waals surface area contributed by atoms with Gasteiger partial charge in [-0.2, -0.15) is 0 Å². The molecule has 0 aromatic carbocycles. The highest BCUT2D eigenvalue weighted by atomic mass is 16.3. The maximum absolute atomic E-state index is 11.5. The lowest BCUT2D eigenvalue weighted by molar-refractivity contribution is -0.129. The second-order valence-electron chi connectivity index (χ2n) is 3.71. The van der Waals surface area contributed by atoms with Crippen LogP contribution in [0.1, 0.15) is 20.3 Å². The van der Waals surface area contributed by atoms with Crippen molar-refractivity contribution in [1.29, 1.82) is 0 Å². The average Bonchev–Trinajstić information content (AvgIpc) is 2.30. The molecule has 0 heterocycles. The summed E-state index contributed by atoms with van der Waals surface area (Å²) in [5, 5.41) is 21.2. The van der Waals surface area contributed by atoms with Crippen LogP contribution >= 0.6 is 0 Å². The Morgan fingerprint density at radius 1 is 1.33 bits per heavy atom. The van der Waals surface area contributed by atoms with E-state index in [1.165, 1.54) is 0 Å². The number of amides is 1. The molecule has 0 saturated heterocycles. The molecule has 0 aliphatic rings. The normalized spacial score (nSPS) is 11.5. The van der Waals surface area contributed by atoms with Gasteiger partial charge in [0.1, 0.15) is 0 Å². The fourth-order valence-electron chi connectivity index (χ4n) is 1.08. The zero-order chi connectivity index (χ0) is 11.9. The Kier molecular flexibility index (Phi) is 6.47. The first-order chi connectivity index (χ1) is 7.05. The quantitative estimate of drug-likeness (QED) is 0.522. The van der Waals surface area contributed by atoms with Gasteiger partial charge in [0.15, 0.2) is 0 Å². The molecule has 5 nitrogen and oxygen atoms in total. The summed E-state index contributed by atoms with van der Waals surface area (Å²) in [5.74, 6) is -0.0442. The molecule has 0 fully saturated rings. The summed E-state index contributed by atoms with van der Waals surface area (Å²) in [6, 6.07) is 0. The lowest BCUT2D eigenvalue weighted by atomic mass is 9.98. The number of carbonyl (C=O) groups excluding carboxylic acids is 1. The second kappa shape index (κ2) is 6.76. The summed E-state index contributed by atoms with van der Waals surface area (Å²) < 4.78 is 0. The van der Waals surface area contributed by atoms with Gasteiger partial charge in [-0.15, -0.1) is 0 Å². The van der Waals surface area contributed by atoms with Crippen LogP contribution in [-0.4, -0.2) is 59.9 Å². The maximum Gasteiger partial charge on any atom is 0.236 e. The van der Waals surface area contributed by atoms with Crippen molar-refractivity contribution in [3.63, 3.8) is 0 Å². The van der Waals surface area contributed by atoms with Gasteiger partial charge in [0.25, 0.3) is 0 Å². The maximum atomic E-state index is 11.5. The van der Waals surface area contributed by atoms with Gasteiger partial charge in [-0.25, -0.2) is 0 Å². The van der Waals surface area contributed by atoms with Crippen molar-refractivity contribution in [1.82, 2.24) is 10.2 Å². The van der Waals surface area contributed by atoms with E-state index in [2.05, 4.69) is 5.32 Å². The fraction of sp³-hybridized carbons (Fsp3) is 0.900. The predicted molar refractivity (Wildman–Crippen MR) is 58.5 cm³/mol. The molecule has 90 valence electrons. The van der Waals surface area contributed by atoms with Crippen molar-refractivity contribution in [2.75, 3.05) is 33.4 Å². The number of aliphatic hydroxyl groups is 2. The van der Waals surface area contributed by atoms with Crippen LogP contribution in [0.25, 0.3) is 0 Å². The van der Waals surface area contributed by atoms with Crippen LogP contribution < -0.4 is 5.32 Å². The number of hydrogen-bond donors (Lipinski definition) is 3. The lowest BCUT2D eigenvalue weighted by Crippen LogP contribution is -2.54. The molecule has 1 amide bonds. The van der Waals surface area contributed by atoms with Crippen LogP contribution in [0.2, 0.25) is 0 Å². The van der Waals surface area contributed by atoms with Crippen LogP contribution in [0, 0.1) is 0 Å². The summed E-state index contributed by atoms with van der Waals surface area (Å²) in [4.78, 5) is 13.1. The van der Waals surface area contributed by atoms with Gasteiger partial charge in [-0.05, 0) is 13.3 Å². The van der Waals surface area contributed by atoms with Crippen LogP contribution in [0.4, 0.5) is 0 Å². The van der Waals surface area contributed by atoms with Crippen LogP contribution in [0.5, 0.6) is 0 Å². The van der Waals surface area contributed by atoms with Crippen molar-refractivity contribution >= 4 is 5.91 Å². The Bertz CT molecular complexity index is 185. The molecule has 0 aliphatic heterocycles. The SMILES string of the molecule is CCN(C)C(=O)CNC(CC)(CO)CO. The largest absolute Gasteiger partial charge is 0.394 e. The third-order valence-electron chi connectivity index (χ3n) is 2.80. The molecule has 0 aromatic rings. The van der Waals surface area contributed by atoms with E-state index in [9.17, 15) is 4.79 Å². The van der Waals surface area contributed by atoms with Crippen molar-refractivity contribution in [3.8, 4) is 0 Å². The summed E-state index contributed by atoms with van der Waals surface area (Å²) in [5.41, 5.74) is -0.746. The third-order valence-corrected chi connectivity index (χ3v) is 2.80. The Labute approximate surface area is 91.1 Å². The standard InChI is InChI=1S/C10H22N2O3/c1-4-10(7-13,8-14)11-6-9(15)12(3)5-2/h11,13-14H,4-8H2,1-3H3. The van der Waals surface area contributed by atoms with Crippen molar-refractivity contribution in [3.05, 3.63) is 0 Å². The van der Waals surface area contributed by atoms with E-state index in [1.807, 2.05) is 13.8 Å². The molecule has 5 heteroatoms. The smallest absolute Gasteiger partial charge is 0.236 e. The van der Waals surface area contributed by atoms with Crippen LogP contribution in [-0.2, 0) is 4.79 Å². The number of rotatable bonds is 7. The number of nitrogens with zero attached hydrogens (tertiary/aromatic N) is 1. The fourth-order valence-corrected chi connectivity index (χ4v) is 1.08. The summed E-state index contributed by atoms with van der Waals surface area (Å²) in [6.07, 6.45) is 0.573. The number of likely N-dealkylation sites (N-methyl/N-ethyl adjacent to an activating group) is 1. The highest BCUT2D eigenvalue weighted by Crippen LogP contribution is 2.07. The highest BCUT2D eigenvalue weighted by Gasteiger charge is 2.26. The molecule has 0 unspecified atom stereocenters. The number of nitrogens with one attached hydrogen (secondary N) is 1. The molecule has 3 N–H and O–H groups in total. The Hall–Kier alpha value is -0.650. The molecule has 0 atom stereocenters. The van der Waals surface area contributed by atoms with E-state index in [1.54, 1.807) is 11.9 Å². The summed E-state index contributed by atoms with van der Waals surface area (Å²) in [6.45, 7) is 4.18. The summed E-state index contributed by atoms with van der Waals surface area (Å²) in [7, 11) is 1.72. The minimum absolute atomic E-state index is 0.0442. The highest BCUT2D eigenvalue weighted by molar-refractivity contribution is 5.78. The topological polar surface area (TPSA) is 72.8 Å². The zero-order valence-electron chi connectivity index (χ0n) is 9.79. The van der Waals surface area contributed by atoms with Crippen LogP contribution in [0.3, 0.4) is 0 Å². The Morgan fingerprint density at radius 2 is 1.87 bits per heavy atom. The molecular formula is C10H22N2O3. The molecule has 0 spiro atoms. The third kappa shape index (κ3) is 4.15. The first-order valence-corrected chi connectivity index (χ1v) is 5.26. The van der Waals surface area contributed by atoms with Crippen molar-refractivity contribution in [2.45, 2.75) is 25.8 Å². The molecule has 0 saturated carbocycles. The predicted octanol–water partition coefficient (Wildman–Crippen LogP) is -0.812. The van der Waals surface area contributed by atoms with Crippen molar-refractivity contribution in [2.24, 2.45) is 0 Å². The van der Waals surface area contributed by atoms with E-state index >= 15 is 0 Å². The number of hydrogen-bond acceptors (Lipinski definition) is 4. The van der Waals surface area contributed by atoms with Gasteiger partial charge in [-0.1, -0.05) is 6.92 Å². The van der Waals surface area contributed by atoms with Gasteiger partial charge in [0.2, 0.25) is 5.91 Å². The average molecular weight is 218 g/mol. The van der Waals surface area contributed by atoms with Gasteiger partial charge in [-0.3, -0.25) is 10.1 Å². The van der Waals surface area contributed by atoms with E-state index in [0.717, 1.165) is 0 Å². The lowest BCUT2D eigenvalue weighted by Gasteiger charge is -2.30. The molecule has 0 radical (unpaired) electrons. The number of carbonyl (C=O) groups is 1. The van der Waals surface area contributed by atoms with E-state index in [4.69, 9.17) is 10.2 Å². The van der Waals surface area contributed by atoms with Gasteiger partial charge in [0, 0.05) is 13.6 Å². The Morgan fingerprint density at radius 3 is 2.20 bits per heavy atom. The molecule has 0 rings (SSSR count). The first-order valence-electron chi connectivity index (χ1n) is 5.26. The molecule has 0 bridgehead atoms. The minimum Gasteiger partial charge on any atom is -0.394 e. The van der Waals surface area contributed by atoms with Gasteiger partial charge >= 0.3 is 0 Å². The minimum atomic E-state index is -0.746. The Balaban J connectivity index is 4.16. The molecule has 0 aliphatic carbocycles. The van der Waals surface area contributed by atoms with E-state index in [0.29, 0.717) is 13.0 Å². The van der Waals surface area contributed by atoms with Gasteiger partial charge < -0.3 is 15.1 Å². The van der Waals surface area contributed by atoms with Gasteiger partial charge in [0.05, 0.1) is 25.3 Å². The first kappa shape index (κ1) is 14.3. The molecule has 15 heavy (non-hydrogen) atoms. The summed E-state index contributed by atoms with van der Waals surface area (Å²) >= 11 is 0. The van der Waals surface area contributed by atoms with E-state index in [-0.39, 0.29) is 25.7 Å². The van der Waals surface area contributed by atoms with E-state index < -0.39 is 5.54 Å². The van der Waals surface area contributed by atoms with Crippen molar-refractivity contribution < 1.29 is 15.0 Å². The monoisotopic (exact) mass is 218 g/mol. The van der Waals surface area contributed by atoms with Crippen LogP contribution in [0.15, 0.2) is 0 Å². The molecule has 0 aromatic heterocycles. The second-order valence-corrected chi connectivity index (χ2v) is 3.71. The zero-order valence-corrected chi connectivity index (χ0v) is 9.79. The molecular weight excluding hydrogens is 196 g/mol.